The number of rotatable bonds is 8. The summed E-state index contributed by atoms with van der Waals surface area (Å²) in [5.41, 5.74) is 2.07. The van der Waals surface area contributed by atoms with E-state index in [-0.39, 0.29) is 12.5 Å². The summed E-state index contributed by atoms with van der Waals surface area (Å²) in [5, 5.41) is 7.95. The number of aryl methyl sites for hydroxylation is 1. The minimum Gasteiger partial charge on any atom is -0.496 e. The Balaban J connectivity index is 1.68. The monoisotopic (exact) mass is 477 g/mol. The molecule has 0 saturated carbocycles. The number of halogens is 2. The third-order valence-electron chi connectivity index (χ3n) is 4.28. The molecule has 0 bridgehead atoms. The summed E-state index contributed by atoms with van der Waals surface area (Å²) in [6, 6.07) is 12.4. The molecule has 0 aliphatic rings. The van der Waals surface area contributed by atoms with Crippen molar-refractivity contribution in [1.29, 1.82) is 0 Å². The molecule has 1 amide bonds. The van der Waals surface area contributed by atoms with E-state index in [0.29, 0.717) is 28.6 Å². The maximum Gasteiger partial charge on any atom is 0.251 e. The Hall–Kier alpha value is -2.51. The second kappa shape index (κ2) is 9.80. The largest absolute Gasteiger partial charge is 0.496 e. The molecule has 0 aliphatic carbocycles. The first-order valence-electron chi connectivity index (χ1n) is 9.05. The standard InChI is InChI=1S/C21H21BrClN3O3/c1-3-26-12-18(22)19(25-26)11-24-21(27)14-4-9-20(28-2)15(10-14)13-29-17-7-5-16(23)6-8-17/h4-10,12H,3,11,13H2,1-2H3,(H,24,27). The van der Waals surface area contributed by atoms with E-state index in [4.69, 9.17) is 21.1 Å². The number of amides is 1. The van der Waals surface area contributed by atoms with Gasteiger partial charge in [-0.25, -0.2) is 0 Å². The van der Waals surface area contributed by atoms with Gasteiger partial charge in [0, 0.05) is 28.9 Å². The second-order valence-corrected chi connectivity index (χ2v) is 7.52. The van der Waals surface area contributed by atoms with Crippen LogP contribution in [0.3, 0.4) is 0 Å². The lowest BCUT2D eigenvalue weighted by atomic mass is 10.1. The van der Waals surface area contributed by atoms with Crippen molar-refractivity contribution in [2.75, 3.05) is 7.11 Å². The average molecular weight is 479 g/mol. The highest BCUT2D eigenvalue weighted by Gasteiger charge is 2.13. The molecule has 1 aromatic heterocycles. The van der Waals surface area contributed by atoms with Crippen LogP contribution in [0.25, 0.3) is 0 Å². The summed E-state index contributed by atoms with van der Waals surface area (Å²) < 4.78 is 13.9. The van der Waals surface area contributed by atoms with Gasteiger partial charge in [-0.3, -0.25) is 9.48 Å². The number of aromatic nitrogens is 2. The van der Waals surface area contributed by atoms with Gasteiger partial charge in [-0.15, -0.1) is 0 Å². The Morgan fingerprint density at radius 2 is 2.00 bits per heavy atom. The molecule has 2 aromatic carbocycles. The van der Waals surface area contributed by atoms with E-state index in [1.165, 1.54) is 0 Å². The molecule has 0 radical (unpaired) electrons. The van der Waals surface area contributed by atoms with Crippen LogP contribution in [0.15, 0.2) is 53.1 Å². The zero-order chi connectivity index (χ0) is 20.8. The third kappa shape index (κ3) is 5.52. The van der Waals surface area contributed by atoms with Crippen LogP contribution in [-0.4, -0.2) is 22.8 Å². The predicted molar refractivity (Wildman–Crippen MR) is 116 cm³/mol. The van der Waals surface area contributed by atoms with Crippen molar-refractivity contribution in [1.82, 2.24) is 15.1 Å². The van der Waals surface area contributed by atoms with Gasteiger partial charge in [-0.1, -0.05) is 11.6 Å². The van der Waals surface area contributed by atoms with Crippen LogP contribution in [0.5, 0.6) is 11.5 Å². The summed E-state index contributed by atoms with van der Waals surface area (Å²) in [7, 11) is 1.59. The van der Waals surface area contributed by atoms with E-state index in [9.17, 15) is 4.79 Å². The van der Waals surface area contributed by atoms with Crippen molar-refractivity contribution in [2.45, 2.75) is 26.6 Å². The van der Waals surface area contributed by atoms with Gasteiger partial charge in [0.15, 0.2) is 0 Å². The van der Waals surface area contributed by atoms with E-state index in [1.54, 1.807) is 49.6 Å². The minimum absolute atomic E-state index is 0.196. The second-order valence-electron chi connectivity index (χ2n) is 6.23. The Bertz CT molecular complexity index is 989. The maximum absolute atomic E-state index is 12.6. The van der Waals surface area contributed by atoms with Gasteiger partial charge in [-0.05, 0) is 65.3 Å². The van der Waals surface area contributed by atoms with E-state index < -0.39 is 0 Å². The molecular formula is C21H21BrClN3O3. The highest BCUT2D eigenvalue weighted by molar-refractivity contribution is 9.10. The Labute approximate surface area is 182 Å². The average Bonchev–Trinajstić information content (AvgIpc) is 3.11. The van der Waals surface area contributed by atoms with Crippen molar-refractivity contribution in [3.05, 3.63) is 75.0 Å². The fourth-order valence-electron chi connectivity index (χ4n) is 2.71. The Morgan fingerprint density at radius 1 is 1.24 bits per heavy atom. The van der Waals surface area contributed by atoms with E-state index in [0.717, 1.165) is 22.3 Å². The third-order valence-corrected chi connectivity index (χ3v) is 5.19. The fourth-order valence-corrected chi connectivity index (χ4v) is 3.29. The van der Waals surface area contributed by atoms with Crippen LogP contribution >= 0.6 is 27.5 Å². The lowest BCUT2D eigenvalue weighted by Crippen LogP contribution is -2.23. The molecule has 8 heteroatoms. The fraction of sp³-hybridized carbons (Fsp3) is 0.238. The van der Waals surface area contributed by atoms with E-state index in [2.05, 4.69) is 26.3 Å². The van der Waals surface area contributed by atoms with Crippen LogP contribution in [-0.2, 0) is 19.7 Å². The first-order valence-corrected chi connectivity index (χ1v) is 10.2. The van der Waals surface area contributed by atoms with Gasteiger partial charge in [0.05, 0.1) is 23.8 Å². The van der Waals surface area contributed by atoms with Crippen molar-refractivity contribution in [3.63, 3.8) is 0 Å². The normalized spacial score (nSPS) is 10.6. The number of carbonyl (C=O) groups excluding carboxylic acids is 1. The van der Waals surface area contributed by atoms with E-state index in [1.807, 2.05) is 17.8 Å². The maximum atomic E-state index is 12.6. The van der Waals surface area contributed by atoms with Crippen molar-refractivity contribution in [2.24, 2.45) is 0 Å². The molecule has 1 heterocycles. The van der Waals surface area contributed by atoms with Crippen molar-refractivity contribution >= 4 is 33.4 Å². The highest BCUT2D eigenvalue weighted by Crippen LogP contribution is 2.23. The molecule has 0 fully saturated rings. The zero-order valence-electron chi connectivity index (χ0n) is 16.1. The van der Waals surface area contributed by atoms with Gasteiger partial charge in [0.1, 0.15) is 18.1 Å². The molecule has 6 nitrogen and oxygen atoms in total. The van der Waals surface area contributed by atoms with Gasteiger partial charge in [0.25, 0.3) is 5.91 Å². The van der Waals surface area contributed by atoms with Gasteiger partial charge >= 0.3 is 0 Å². The smallest absolute Gasteiger partial charge is 0.251 e. The molecule has 3 aromatic rings. The highest BCUT2D eigenvalue weighted by atomic mass is 79.9. The number of benzene rings is 2. The van der Waals surface area contributed by atoms with Crippen molar-refractivity contribution in [3.8, 4) is 11.5 Å². The van der Waals surface area contributed by atoms with Crippen LogP contribution in [0.1, 0.15) is 28.5 Å². The van der Waals surface area contributed by atoms with Crippen molar-refractivity contribution < 1.29 is 14.3 Å². The zero-order valence-corrected chi connectivity index (χ0v) is 18.5. The van der Waals surface area contributed by atoms with Crippen LogP contribution < -0.4 is 14.8 Å². The van der Waals surface area contributed by atoms with Crippen LogP contribution in [0.2, 0.25) is 5.02 Å². The molecule has 0 aliphatic heterocycles. The number of hydrogen-bond acceptors (Lipinski definition) is 4. The molecular weight excluding hydrogens is 458 g/mol. The van der Waals surface area contributed by atoms with E-state index >= 15 is 0 Å². The first kappa shape index (κ1) is 21.2. The summed E-state index contributed by atoms with van der Waals surface area (Å²) in [6.07, 6.45) is 1.89. The molecule has 1 N–H and O–H groups in total. The number of carbonyl (C=O) groups is 1. The summed E-state index contributed by atoms with van der Waals surface area (Å²) in [4.78, 5) is 12.6. The first-order chi connectivity index (χ1) is 14.0. The van der Waals surface area contributed by atoms with Gasteiger partial charge in [-0.2, -0.15) is 5.10 Å². The molecule has 0 saturated heterocycles. The van der Waals surface area contributed by atoms with Crippen LogP contribution in [0.4, 0.5) is 0 Å². The predicted octanol–water partition coefficient (Wildman–Crippen LogP) is 4.84. The topological polar surface area (TPSA) is 65.4 Å². The summed E-state index contributed by atoms with van der Waals surface area (Å²) >= 11 is 9.36. The van der Waals surface area contributed by atoms with Crippen LogP contribution in [0, 0.1) is 0 Å². The molecule has 3 rings (SSSR count). The lowest BCUT2D eigenvalue weighted by molar-refractivity contribution is 0.0950. The summed E-state index contributed by atoms with van der Waals surface area (Å²) in [5.74, 6) is 1.14. The quantitative estimate of drug-likeness (QED) is 0.503. The number of ether oxygens (including phenoxy) is 2. The number of nitrogens with zero attached hydrogens (tertiary/aromatic N) is 2. The SMILES string of the molecule is CCn1cc(Br)c(CNC(=O)c2ccc(OC)c(COc3ccc(Cl)cc3)c2)n1. The molecule has 0 unspecified atom stereocenters. The number of hydrogen-bond donors (Lipinski definition) is 1. The summed E-state index contributed by atoms with van der Waals surface area (Å²) in [6.45, 7) is 3.36. The molecule has 0 atom stereocenters. The molecule has 152 valence electrons. The van der Waals surface area contributed by atoms with Gasteiger partial charge < -0.3 is 14.8 Å². The molecule has 0 spiro atoms. The van der Waals surface area contributed by atoms with Gasteiger partial charge in [0.2, 0.25) is 0 Å². The Kier molecular flexibility index (Phi) is 7.17. The Morgan fingerprint density at radius 3 is 2.66 bits per heavy atom. The minimum atomic E-state index is -0.196. The molecule has 29 heavy (non-hydrogen) atoms. The lowest BCUT2D eigenvalue weighted by Gasteiger charge is -2.12. The number of methoxy groups -OCH3 is 1. The number of nitrogens with one attached hydrogen (secondary N) is 1.